The normalized spacial score (nSPS) is 24.0. The van der Waals surface area contributed by atoms with Crippen LogP contribution in [0.1, 0.15) is 44.1 Å². The minimum atomic E-state index is 0.155. The monoisotopic (exact) mass is 630 g/mol. The molecule has 236 valence electrons. The van der Waals surface area contributed by atoms with Gasteiger partial charge >= 0.3 is 0 Å². The van der Waals surface area contributed by atoms with Crippen molar-refractivity contribution in [1.29, 1.82) is 0 Å². The summed E-state index contributed by atoms with van der Waals surface area (Å²) in [4.78, 5) is 5.22. The van der Waals surface area contributed by atoms with Gasteiger partial charge in [0.2, 0.25) is 0 Å². The first-order valence-corrected chi connectivity index (χ1v) is 18.4. The second-order valence-corrected chi connectivity index (χ2v) is 15.6. The highest BCUT2D eigenvalue weighted by Crippen LogP contribution is 2.62. The zero-order valence-electron chi connectivity index (χ0n) is 27.8. The molecule has 4 bridgehead atoms. The van der Waals surface area contributed by atoms with Gasteiger partial charge in [-0.05, 0) is 132 Å². The molecule has 0 amide bonds. The predicted octanol–water partition coefficient (Wildman–Crippen LogP) is 9.90. The first-order valence-electron chi connectivity index (χ1n) is 18.4. The van der Waals surface area contributed by atoms with Gasteiger partial charge in [0, 0.05) is 34.0 Å². The van der Waals surface area contributed by atoms with E-state index in [-0.39, 0.29) is 12.1 Å². The Kier molecular flexibility index (Phi) is 5.97. The Morgan fingerprint density at radius 2 is 0.959 bits per heavy atom. The molecule has 4 saturated carbocycles. The average molecular weight is 631 g/mol. The van der Waals surface area contributed by atoms with E-state index in [1.165, 1.54) is 100 Å². The lowest BCUT2D eigenvalue weighted by Crippen LogP contribution is -2.61. The summed E-state index contributed by atoms with van der Waals surface area (Å²) in [6.45, 7) is 0.155. The SMILES string of the molecule is c1ccc(-c2ccccc2N2c3ccccc3B3c4ccccc4N(c4ccccc4)c4cc(C56CC7CC(CC(C7)C5)C6)cc2c43)cc1. The van der Waals surface area contributed by atoms with Crippen LogP contribution in [0.3, 0.4) is 0 Å². The summed E-state index contributed by atoms with van der Waals surface area (Å²) in [6, 6.07) is 54.9. The Labute approximate surface area is 290 Å². The minimum Gasteiger partial charge on any atom is -0.311 e. The summed E-state index contributed by atoms with van der Waals surface area (Å²) in [7, 11) is 0. The zero-order valence-corrected chi connectivity index (χ0v) is 27.8. The van der Waals surface area contributed by atoms with Crippen LogP contribution in [0.5, 0.6) is 0 Å². The zero-order chi connectivity index (χ0) is 32.1. The van der Waals surface area contributed by atoms with E-state index in [9.17, 15) is 0 Å². The van der Waals surface area contributed by atoms with Crippen molar-refractivity contribution in [3.63, 3.8) is 0 Å². The molecule has 2 aliphatic heterocycles. The molecule has 6 aromatic rings. The highest BCUT2D eigenvalue weighted by molar-refractivity contribution is 7.00. The number of benzene rings is 6. The van der Waals surface area contributed by atoms with Gasteiger partial charge in [-0.3, -0.25) is 0 Å². The Hall–Kier alpha value is -5.02. The molecular weight excluding hydrogens is 591 g/mol. The van der Waals surface area contributed by atoms with Gasteiger partial charge in [-0.1, -0.05) is 103 Å². The molecule has 49 heavy (non-hydrogen) atoms. The number of nitrogens with zero attached hydrogens (tertiary/aromatic N) is 2. The van der Waals surface area contributed by atoms with Gasteiger partial charge < -0.3 is 9.80 Å². The number of hydrogen-bond acceptors (Lipinski definition) is 2. The van der Waals surface area contributed by atoms with Crippen molar-refractivity contribution in [2.75, 3.05) is 9.80 Å². The van der Waals surface area contributed by atoms with Crippen LogP contribution in [0.15, 0.2) is 146 Å². The fraction of sp³-hybridized carbons (Fsp3) is 0.217. The molecular formula is C46H39BN2. The van der Waals surface area contributed by atoms with Gasteiger partial charge in [-0.25, -0.2) is 0 Å². The second-order valence-electron chi connectivity index (χ2n) is 15.6. The van der Waals surface area contributed by atoms with E-state index in [0.717, 1.165) is 17.8 Å². The molecule has 3 heteroatoms. The number of fused-ring (bicyclic) bond motifs is 4. The lowest BCUT2D eigenvalue weighted by molar-refractivity contribution is -0.00514. The molecule has 0 atom stereocenters. The predicted molar refractivity (Wildman–Crippen MR) is 206 cm³/mol. The molecule has 0 N–H and O–H groups in total. The summed E-state index contributed by atoms with van der Waals surface area (Å²) in [6.07, 6.45) is 8.39. The van der Waals surface area contributed by atoms with Crippen molar-refractivity contribution < 1.29 is 0 Å². The van der Waals surface area contributed by atoms with Gasteiger partial charge in [-0.15, -0.1) is 0 Å². The number of para-hydroxylation sites is 4. The summed E-state index contributed by atoms with van der Waals surface area (Å²) in [5, 5.41) is 0. The maximum Gasteiger partial charge on any atom is 0.252 e. The van der Waals surface area contributed by atoms with E-state index in [1.54, 1.807) is 5.56 Å². The third kappa shape index (κ3) is 4.08. The standard InChI is InChI=1S/C46H39BN2/c1-3-13-34(14-4-1)37-17-7-10-20-40(37)49-42-22-12-9-19-39(42)47-38-18-8-11-21-41(38)48(36-15-5-2-6-16-36)43-26-35(27-44(49)45(43)47)46-28-31-23-32(29-46)25-33(24-31)30-46/h1-22,26-27,31-33H,23-25,28-30H2. The Balaban J connectivity index is 1.24. The quantitative estimate of drug-likeness (QED) is 0.179. The van der Waals surface area contributed by atoms with Crippen LogP contribution < -0.4 is 26.2 Å². The molecule has 0 aromatic heterocycles. The minimum absolute atomic E-state index is 0.155. The second kappa shape index (κ2) is 10.5. The first kappa shape index (κ1) is 27.9. The van der Waals surface area contributed by atoms with Crippen LogP contribution in [0.2, 0.25) is 0 Å². The number of anilines is 6. The smallest absolute Gasteiger partial charge is 0.252 e. The topological polar surface area (TPSA) is 6.48 Å². The van der Waals surface area contributed by atoms with Gasteiger partial charge in [0.15, 0.2) is 0 Å². The average Bonchev–Trinajstić information content (AvgIpc) is 3.15. The largest absolute Gasteiger partial charge is 0.311 e. The summed E-state index contributed by atoms with van der Waals surface area (Å²) < 4.78 is 0. The fourth-order valence-corrected chi connectivity index (χ4v) is 11.3. The van der Waals surface area contributed by atoms with Gasteiger partial charge in [0.1, 0.15) is 0 Å². The van der Waals surface area contributed by atoms with Crippen molar-refractivity contribution in [3.8, 4) is 11.1 Å². The van der Waals surface area contributed by atoms with Gasteiger partial charge in [-0.2, -0.15) is 0 Å². The molecule has 4 fully saturated rings. The van der Waals surface area contributed by atoms with Crippen molar-refractivity contribution in [2.45, 2.75) is 43.9 Å². The van der Waals surface area contributed by atoms with E-state index >= 15 is 0 Å². The van der Waals surface area contributed by atoms with Crippen molar-refractivity contribution in [3.05, 3.63) is 151 Å². The molecule has 0 saturated heterocycles. The third-order valence-corrected chi connectivity index (χ3v) is 12.8. The Bertz CT molecular complexity index is 2210. The number of rotatable bonds is 4. The van der Waals surface area contributed by atoms with Gasteiger partial charge in [0.05, 0.1) is 5.69 Å². The third-order valence-electron chi connectivity index (χ3n) is 12.8. The van der Waals surface area contributed by atoms with Crippen molar-refractivity contribution in [2.24, 2.45) is 17.8 Å². The van der Waals surface area contributed by atoms with Crippen molar-refractivity contribution in [1.82, 2.24) is 0 Å². The molecule has 6 aliphatic rings. The molecule has 12 rings (SSSR count). The van der Waals surface area contributed by atoms with Crippen LogP contribution >= 0.6 is 0 Å². The van der Waals surface area contributed by atoms with Crippen LogP contribution in [-0.4, -0.2) is 6.71 Å². The maximum atomic E-state index is 2.67. The van der Waals surface area contributed by atoms with E-state index in [0.29, 0.717) is 0 Å². The van der Waals surface area contributed by atoms with E-state index in [1.807, 2.05) is 0 Å². The highest BCUT2D eigenvalue weighted by Gasteiger charge is 2.53. The van der Waals surface area contributed by atoms with E-state index in [4.69, 9.17) is 0 Å². The summed E-state index contributed by atoms with van der Waals surface area (Å²) in [5.41, 5.74) is 16.3. The highest BCUT2D eigenvalue weighted by atomic mass is 15.2. The molecule has 2 heterocycles. The fourth-order valence-electron chi connectivity index (χ4n) is 11.3. The molecule has 2 nitrogen and oxygen atoms in total. The Morgan fingerprint density at radius 1 is 0.469 bits per heavy atom. The lowest BCUT2D eigenvalue weighted by Gasteiger charge is -2.57. The van der Waals surface area contributed by atoms with E-state index < -0.39 is 0 Å². The van der Waals surface area contributed by atoms with E-state index in [2.05, 4.69) is 155 Å². The summed E-state index contributed by atoms with van der Waals surface area (Å²) >= 11 is 0. The van der Waals surface area contributed by atoms with Crippen LogP contribution in [0.25, 0.3) is 11.1 Å². The van der Waals surface area contributed by atoms with Crippen LogP contribution in [0, 0.1) is 17.8 Å². The lowest BCUT2D eigenvalue weighted by atomic mass is 9.33. The van der Waals surface area contributed by atoms with Crippen LogP contribution in [0.4, 0.5) is 34.1 Å². The maximum absolute atomic E-state index is 2.67. The molecule has 0 unspecified atom stereocenters. The number of hydrogen-bond donors (Lipinski definition) is 0. The Morgan fingerprint density at radius 3 is 1.59 bits per heavy atom. The summed E-state index contributed by atoms with van der Waals surface area (Å²) in [5.74, 6) is 2.65. The molecule has 0 radical (unpaired) electrons. The molecule has 4 aliphatic carbocycles. The van der Waals surface area contributed by atoms with Crippen LogP contribution in [-0.2, 0) is 5.41 Å². The van der Waals surface area contributed by atoms with Crippen molar-refractivity contribution >= 4 is 57.2 Å². The molecule has 6 aromatic carbocycles. The van der Waals surface area contributed by atoms with Gasteiger partial charge in [0.25, 0.3) is 6.71 Å². The molecule has 0 spiro atoms. The first-order chi connectivity index (χ1) is 24.2.